The Labute approximate surface area is 154 Å². The Hall–Kier alpha value is -1.89. The summed E-state index contributed by atoms with van der Waals surface area (Å²) in [5.74, 6) is 0.532. The van der Waals surface area contributed by atoms with Crippen LogP contribution >= 0.6 is 0 Å². The molecule has 142 valence electrons. The molecule has 7 nitrogen and oxygen atoms in total. The van der Waals surface area contributed by atoms with Gasteiger partial charge in [-0.3, -0.25) is 19.2 Å². The van der Waals surface area contributed by atoms with E-state index in [2.05, 4.69) is 10.00 Å². The minimum Gasteiger partial charge on any atom is -0.341 e. The molecule has 4 rings (SSSR count). The van der Waals surface area contributed by atoms with Crippen LogP contribution < -0.4 is 4.90 Å². The summed E-state index contributed by atoms with van der Waals surface area (Å²) in [7, 11) is 0. The van der Waals surface area contributed by atoms with Crippen molar-refractivity contribution in [3.05, 3.63) is 12.4 Å². The first kappa shape index (κ1) is 17.5. The largest absolute Gasteiger partial charge is 0.341 e. The average Bonchev–Trinajstić information content (AvgIpc) is 3.34. The molecular weight excluding hydrogens is 330 g/mol. The molecule has 2 amide bonds. The van der Waals surface area contributed by atoms with Crippen molar-refractivity contribution in [3.63, 3.8) is 0 Å². The maximum atomic E-state index is 12.1. The second-order valence-corrected chi connectivity index (χ2v) is 7.76. The summed E-state index contributed by atoms with van der Waals surface area (Å²) in [4.78, 5) is 30.3. The molecule has 0 N–H and O–H groups in total. The van der Waals surface area contributed by atoms with E-state index in [0.717, 1.165) is 70.6 Å². The number of likely N-dealkylation sites (tertiary alicyclic amines) is 2. The molecule has 3 fully saturated rings. The van der Waals surface area contributed by atoms with Crippen molar-refractivity contribution in [2.45, 2.75) is 51.0 Å². The highest BCUT2D eigenvalue weighted by Gasteiger charge is 2.28. The zero-order valence-corrected chi connectivity index (χ0v) is 15.5. The Morgan fingerprint density at radius 2 is 1.85 bits per heavy atom. The highest BCUT2D eigenvalue weighted by molar-refractivity contribution is 5.95. The second kappa shape index (κ2) is 7.78. The summed E-state index contributed by atoms with van der Waals surface area (Å²) in [6.45, 7) is 5.54. The summed E-state index contributed by atoms with van der Waals surface area (Å²) in [5, 5.41) is 4.52. The van der Waals surface area contributed by atoms with Crippen molar-refractivity contribution in [1.82, 2.24) is 19.6 Å². The molecule has 4 heterocycles. The number of nitrogens with zero attached hydrogens (tertiary/aromatic N) is 5. The van der Waals surface area contributed by atoms with E-state index in [1.807, 2.05) is 26.9 Å². The maximum absolute atomic E-state index is 12.1. The molecule has 0 radical (unpaired) electrons. The van der Waals surface area contributed by atoms with Crippen LogP contribution in [0.5, 0.6) is 0 Å². The van der Waals surface area contributed by atoms with E-state index in [1.54, 1.807) is 0 Å². The van der Waals surface area contributed by atoms with Gasteiger partial charge in [-0.05, 0) is 25.7 Å². The quantitative estimate of drug-likeness (QED) is 0.802. The number of aromatic nitrogens is 2. The van der Waals surface area contributed by atoms with Gasteiger partial charge in [0.2, 0.25) is 11.8 Å². The van der Waals surface area contributed by atoms with Gasteiger partial charge in [-0.2, -0.15) is 5.10 Å². The van der Waals surface area contributed by atoms with Crippen molar-refractivity contribution in [2.24, 2.45) is 0 Å². The van der Waals surface area contributed by atoms with Gasteiger partial charge in [0.05, 0.1) is 17.9 Å². The van der Waals surface area contributed by atoms with Gasteiger partial charge in [-0.1, -0.05) is 6.42 Å². The molecule has 0 saturated carbocycles. The number of hydrogen-bond acceptors (Lipinski definition) is 4. The van der Waals surface area contributed by atoms with Crippen molar-refractivity contribution in [1.29, 1.82) is 0 Å². The van der Waals surface area contributed by atoms with Crippen LogP contribution in [0.4, 0.5) is 5.69 Å². The van der Waals surface area contributed by atoms with E-state index < -0.39 is 0 Å². The zero-order valence-electron chi connectivity index (χ0n) is 15.5. The van der Waals surface area contributed by atoms with E-state index in [1.165, 1.54) is 6.42 Å². The van der Waals surface area contributed by atoms with Crippen LogP contribution in [0.2, 0.25) is 0 Å². The van der Waals surface area contributed by atoms with Crippen molar-refractivity contribution in [2.75, 3.05) is 44.2 Å². The van der Waals surface area contributed by atoms with E-state index in [-0.39, 0.29) is 5.91 Å². The number of amides is 2. The first-order valence-electron chi connectivity index (χ1n) is 10.1. The first-order valence-corrected chi connectivity index (χ1v) is 10.1. The third-order valence-electron chi connectivity index (χ3n) is 5.95. The fourth-order valence-electron chi connectivity index (χ4n) is 4.36. The van der Waals surface area contributed by atoms with Gasteiger partial charge < -0.3 is 9.80 Å². The summed E-state index contributed by atoms with van der Waals surface area (Å²) in [6, 6.07) is 0.362. The summed E-state index contributed by atoms with van der Waals surface area (Å²) in [6.07, 6.45) is 10.6. The van der Waals surface area contributed by atoms with Gasteiger partial charge in [0.1, 0.15) is 0 Å². The van der Waals surface area contributed by atoms with Crippen LogP contribution in [-0.2, 0) is 9.59 Å². The van der Waals surface area contributed by atoms with Crippen LogP contribution in [0.15, 0.2) is 12.4 Å². The van der Waals surface area contributed by atoms with Gasteiger partial charge >= 0.3 is 0 Å². The molecule has 0 aromatic carbocycles. The lowest BCUT2D eigenvalue weighted by atomic mass is 10.2. The van der Waals surface area contributed by atoms with Crippen LogP contribution in [0, 0.1) is 0 Å². The third kappa shape index (κ3) is 3.77. The molecule has 0 bridgehead atoms. The summed E-state index contributed by atoms with van der Waals surface area (Å²) in [5.41, 5.74) is 0.932. The number of carbonyl (C=O) groups excluding carboxylic acids is 2. The topological polar surface area (TPSA) is 61.7 Å². The summed E-state index contributed by atoms with van der Waals surface area (Å²) < 4.78 is 2.03. The second-order valence-electron chi connectivity index (χ2n) is 7.76. The van der Waals surface area contributed by atoms with Gasteiger partial charge in [-0.15, -0.1) is 0 Å². The van der Waals surface area contributed by atoms with E-state index in [0.29, 0.717) is 24.8 Å². The highest BCUT2D eigenvalue weighted by Crippen LogP contribution is 2.25. The number of carbonyl (C=O) groups is 2. The molecule has 1 unspecified atom stereocenters. The Morgan fingerprint density at radius 1 is 0.962 bits per heavy atom. The molecule has 3 aliphatic heterocycles. The minimum absolute atomic E-state index is 0.208. The predicted octanol–water partition coefficient (Wildman–Crippen LogP) is 1.66. The Bertz CT molecular complexity index is 658. The monoisotopic (exact) mass is 359 g/mol. The smallest absolute Gasteiger partial charge is 0.227 e. The Balaban J connectivity index is 1.29. The van der Waals surface area contributed by atoms with E-state index >= 15 is 0 Å². The lowest BCUT2D eigenvalue weighted by molar-refractivity contribution is -0.130. The Morgan fingerprint density at radius 3 is 2.69 bits per heavy atom. The van der Waals surface area contributed by atoms with E-state index in [4.69, 9.17) is 0 Å². The molecule has 7 heteroatoms. The SMILES string of the molecule is O=C1CCCCCN1CCN1CCC(n2cc(N3CCCC3=O)cn2)C1. The normalized spacial score (nSPS) is 25.3. The van der Waals surface area contributed by atoms with E-state index in [9.17, 15) is 9.59 Å². The van der Waals surface area contributed by atoms with Crippen molar-refractivity contribution < 1.29 is 9.59 Å². The molecule has 0 aliphatic carbocycles. The van der Waals surface area contributed by atoms with Crippen LogP contribution in [0.25, 0.3) is 0 Å². The molecule has 0 spiro atoms. The van der Waals surface area contributed by atoms with Gasteiger partial charge in [0.25, 0.3) is 0 Å². The molecule has 1 aromatic heterocycles. The molecule has 26 heavy (non-hydrogen) atoms. The highest BCUT2D eigenvalue weighted by atomic mass is 16.2. The number of hydrogen-bond donors (Lipinski definition) is 0. The van der Waals surface area contributed by atoms with Crippen molar-refractivity contribution in [3.8, 4) is 0 Å². The zero-order chi connectivity index (χ0) is 17.9. The lowest BCUT2D eigenvalue weighted by Crippen LogP contribution is -2.37. The Kier molecular flexibility index (Phi) is 5.24. The van der Waals surface area contributed by atoms with Gasteiger partial charge in [0.15, 0.2) is 0 Å². The first-order chi connectivity index (χ1) is 12.7. The van der Waals surface area contributed by atoms with Gasteiger partial charge in [-0.25, -0.2) is 0 Å². The van der Waals surface area contributed by atoms with Crippen LogP contribution in [0.3, 0.4) is 0 Å². The van der Waals surface area contributed by atoms with Gasteiger partial charge in [0, 0.05) is 58.3 Å². The molecule has 1 atom stereocenters. The average molecular weight is 359 g/mol. The maximum Gasteiger partial charge on any atom is 0.227 e. The number of rotatable bonds is 5. The molecule has 3 saturated heterocycles. The van der Waals surface area contributed by atoms with Crippen molar-refractivity contribution >= 4 is 17.5 Å². The fraction of sp³-hybridized carbons (Fsp3) is 0.737. The molecule has 3 aliphatic rings. The number of anilines is 1. The van der Waals surface area contributed by atoms with Crippen LogP contribution in [0.1, 0.15) is 51.0 Å². The summed E-state index contributed by atoms with van der Waals surface area (Å²) >= 11 is 0. The third-order valence-corrected chi connectivity index (χ3v) is 5.95. The molecular formula is C19H29N5O2. The minimum atomic E-state index is 0.208. The predicted molar refractivity (Wildman–Crippen MR) is 99.0 cm³/mol. The molecule has 1 aromatic rings. The standard InChI is InChI=1S/C19H29N5O2/c25-18-5-2-1-3-8-22(18)12-11-21-10-7-16(14-21)24-15-17(13-20-24)23-9-4-6-19(23)26/h13,15-16H,1-12,14H2. The van der Waals surface area contributed by atoms with Crippen LogP contribution in [-0.4, -0.2) is 70.7 Å². The lowest BCUT2D eigenvalue weighted by Gasteiger charge is -2.24. The fourth-order valence-corrected chi connectivity index (χ4v) is 4.36.